The standard InChI is InChI=1S/C6H5FN4/c7-5-3-10-6(11-4-5)9-2-1-8/h3-4H,2H2,(H,9,10,11). The highest BCUT2D eigenvalue weighted by Crippen LogP contribution is 1.96. The molecular weight excluding hydrogens is 147 g/mol. The second-order valence-electron chi connectivity index (χ2n) is 1.74. The minimum absolute atomic E-state index is 0.117. The normalized spacial score (nSPS) is 8.73. The Morgan fingerprint density at radius 2 is 2.18 bits per heavy atom. The number of nitriles is 1. The molecule has 0 aliphatic carbocycles. The molecule has 0 amide bonds. The van der Waals surface area contributed by atoms with Crippen LogP contribution in [-0.4, -0.2) is 16.5 Å². The van der Waals surface area contributed by atoms with E-state index in [1.807, 2.05) is 6.07 Å². The predicted molar refractivity (Wildman–Crippen MR) is 36.1 cm³/mol. The fourth-order valence-electron chi connectivity index (χ4n) is 0.522. The molecule has 0 atom stereocenters. The van der Waals surface area contributed by atoms with Gasteiger partial charge in [0.05, 0.1) is 18.5 Å². The van der Waals surface area contributed by atoms with E-state index in [1.165, 1.54) is 0 Å². The predicted octanol–water partition coefficient (Wildman–Crippen LogP) is 0.551. The maximum Gasteiger partial charge on any atom is 0.223 e. The van der Waals surface area contributed by atoms with Crippen LogP contribution in [-0.2, 0) is 0 Å². The number of hydrogen-bond donors (Lipinski definition) is 1. The van der Waals surface area contributed by atoms with E-state index < -0.39 is 5.82 Å². The molecule has 4 nitrogen and oxygen atoms in total. The second kappa shape index (κ2) is 3.46. The van der Waals surface area contributed by atoms with Gasteiger partial charge < -0.3 is 5.32 Å². The molecular formula is C6H5FN4. The molecule has 1 aromatic heterocycles. The van der Waals surface area contributed by atoms with Crippen LogP contribution in [0.3, 0.4) is 0 Å². The van der Waals surface area contributed by atoms with Crippen molar-refractivity contribution in [2.24, 2.45) is 0 Å². The van der Waals surface area contributed by atoms with Crippen molar-refractivity contribution in [3.8, 4) is 6.07 Å². The lowest BCUT2D eigenvalue weighted by molar-refractivity contribution is 0.614. The van der Waals surface area contributed by atoms with Crippen LogP contribution in [0.4, 0.5) is 10.3 Å². The molecule has 0 aromatic carbocycles. The van der Waals surface area contributed by atoms with E-state index in [2.05, 4.69) is 15.3 Å². The van der Waals surface area contributed by atoms with Gasteiger partial charge in [0.1, 0.15) is 6.54 Å². The molecule has 0 radical (unpaired) electrons. The van der Waals surface area contributed by atoms with E-state index >= 15 is 0 Å². The van der Waals surface area contributed by atoms with E-state index in [4.69, 9.17) is 5.26 Å². The monoisotopic (exact) mass is 152 g/mol. The summed E-state index contributed by atoms with van der Waals surface area (Å²) in [5.41, 5.74) is 0. The summed E-state index contributed by atoms with van der Waals surface area (Å²) < 4.78 is 12.2. The fraction of sp³-hybridized carbons (Fsp3) is 0.167. The van der Waals surface area contributed by atoms with E-state index in [1.54, 1.807) is 0 Å². The minimum Gasteiger partial charge on any atom is -0.341 e. The Kier molecular flexibility index (Phi) is 2.33. The van der Waals surface area contributed by atoms with Crippen molar-refractivity contribution < 1.29 is 4.39 Å². The van der Waals surface area contributed by atoms with Crippen molar-refractivity contribution in [1.29, 1.82) is 5.26 Å². The molecule has 11 heavy (non-hydrogen) atoms. The SMILES string of the molecule is N#CCNc1ncc(F)cn1. The van der Waals surface area contributed by atoms with Gasteiger partial charge in [-0.3, -0.25) is 0 Å². The fourth-order valence-corrected chi connectivity index (χ4v) is 0.522. The average Bonchev–Trinajstić information content (AvgIpc) is 2.04. The van der Waals surface area contributed by atoms with Gasteiger partial charge in [-0.05, 0) is 0 Å². The first kappa shape index (κ1) is 7.41. The summed E-state index contributed by atoms with van der Waals surface area (Å²) in [6, 6.07) is 1.85. The van der Waals surface area contributed by atoms with E-state index in [0.717, 1.165) is 12.4 Å². The number of halogens is 1. The summed E-state index contributed by atoms with van der Waals surface area (Å²) in [5, 5.41) is 10.7. The molecule has 0 bridgehead atoms. The number of nitrogens with zero attached hydrogens (tertiary/aromatic N) is 3. The molecule has 1 aromatic rings. The topological polar surface area (TPSA) is 61.6 Å². The van der Waals surface area contributed by atoms with Gasteiger partial charge in [-0.1, -0.05) is 0 Å². The van der Waals surface area contributed by atoms with Gasteiger partial charge in [-0.2, -0.15) is 5.26 Å². The van der Waals surface area contributed by atoms with Crippen molar-refractivity contribution in [3.63, 3.8) is 0 Å². The lowest BCUT2D eigenvalue weighted by Gasteiger charge is -1.96. The zero-order chi connectivity index (χ0) is 8.10. The van der Waals surface area contributed by atoms with Crippen LogP contribution in [0.1, 0.15) is 0 Å². The van der Waals surface area contributed by atoms with Crippen molar-refractivity contribution in [2.75, 3.05) is 11.9 Å². The molecule has 0 unspecified atom stereocenters. The average molecular weight is 152 g/mol. The zero-order valence-corrected chi connectivity index (χ0v) is 5.58. The maximum absolute atomic E-state index is 12.2. The van der Waals surface area contributed by atoms with Crippen molar-refractivity contribution >= 4 is 5.95 Å². The summed E-state index contributed by atoms with van der Waals surface area (Å²) in [7, 11) is 0. The summed E-state index contributed by atoms with van der Waals surface area (Å²) >= 11 is 0. The highest BCUT2D eigenvalue weighted by Gasteiger charge is 1.93. The van der Waals surface area contributed by atoms with Crippen LogP contribution in [0.25, 0.3) is 0 Å². The van der Waals surface area contributed by atoms with Crippen LogP contribution in [0.5, 0.6) is 0 Å². The Bertz CT molecular complexity index is 263. The van der Waals surface area contributed by atoms with Gasteiger partial charge in [0.25, 0.3) is 0 Å². The lowest BCUT2D eigenvalue weighted by atomic mass is 10.6. The molecule has 1 heterocycles. The number of hydrogen-bond acceptors (Lipinski definition) is 4. The zero-order valence-electron chi connectivity index (χ0n) is 5.58. The Labute approximate surface area is 62.7 Å². The number of anilines is 1. The highest BCUT2D eigenvalue weighted by atomic mass is 19.1. The molecule has 0 saturated heterocycles. The molecule has 0 fully saturated rings. The molecule has 0 spiro atoms. The molecule has 0 aliphatic heterocycles. The minimum atomic E-state index is -0.493. The largest absolute Gasteiger partial charge is 0.341 e. The Morgan fingerprint density at radius 1 is 1.55 bits per heavy atom. The smallest absolute Gasteiger partial charge is 0.223 e. The Balaban J connectivity index is 2.60. The van der Waals surface area contributed by atoms with Gasteiger partial charge in [0.15, 0.2) is 5.82 Å². The first-order valence-electron chi connectivity index (χ1n) is 2.91. The summed E-state index contributed by atoms with van der Waals surface area (Å²) in [6.45, 7) is 0.117. The van der Waals surface area contributed by atoms with Crippen LogP contribution >= 0.6 is 0 Å². The van der Waals surface area contributed by atoms with Gasteiger partial charge in [-0.25, -0.2) is 14.4 Å². The summed E-state index contributed by atoms with van der Waals surface area (Å²) in [4.78, 5) is 7.13. The van der Waals surface area contributed by atoms with Crippen molar-refractivity contribution in [2.45, 2.75) is 0 Å². The van der Waals surface area contributed by atoms with Gasteiger partial charge >= 0.3 is 0 Å². The highest BCUT2D eigenvalue weighted by molar-refractivity contribution is 5.23. The third kappa shape index (κ3) is 2.18. The van der Waals surface area contributed by atoms with E-state index in [-0.39, 0.29) is 12.5 Å². The number of rotatable bonds is 2. The summed E-state index contributed by atoms with van der Waals surface area (Å²) in [5.74, 6) is -0.236. The molecule has 1 rings (SSSR count). The van der Waals surface area contributed by atoms with Crippen LogP contribution in [0, 0.1) is 17.1 Å². The van der Waals surface area contributed by atoms with Crippen LogP contribution in [0.2, 0.25) is 0 Å². The van der Waals surface area contributed by atoms with E-state index in [0.29, 0.717) is 0 Å². The van der Waals surface area contributed by atoms with Gasteiger partial charge in [0.2, 0.25) is 5.95 Å². The Morgan fingerprint density at radius 3 is 2.73 bits per heavy atom. The van der Waals surface area contributed by atoms with Crippen molar-refractivity contribution in [3.05, 3.63) is 18.2 Å². The quantitative estimate of drug-likeness (QED) is 0.628. The van der Waals surface area contributed by atoms with Crippen LogP contribution < -0.4 is 5.32 Å². The third-order valence-electron chi connectivity index (χ3n) is 0.946. The molecule has 0 saturated carbocycles. The van der Waals surface area contributed by atoms with Gasteiger partial charge in [-0.15, -0.1) is 0 Å². The number of nitrogens with one attached hydrogen (secondary N) is 1. The first-order valence-corrected chi connectivity index (χ1v) is 2.91. The second-order valence-corrected chi connectivity index (χ2v) is 1.74. The first-order chi connectivity index (χ1) is 5.33. The number of aromatic nitrogens is 2. The maximum atomic E-state index is 12.2. The molecule has 5 heteroatoms. The lowest BCUT2D eigenvalue weighted by Crippen LogP contribution is -2.02. The Hall–Kier alpha value is -1.70. The summed E-state index contributed by atoms with van der Waals surface area (Å²) in [6.07, 6.45) is 2.07. The van der Waals surface area contributed by atoms with Crippen molar-refractivity contribution in [1.82, 2.24) is 9.97 Å². The molecule has 56 valence electrons. The van der Waals surface area contributed by atoms with Gasteiger partial charge in [0, 0.05) is 0 Å². The molecule has 1 N–H and O–H groups in total. The third-order valence-corrected chi connectivity index (χ3v) is 0.946. The molecule has 0 aliphatic rings. The van der Waals surface area contributed by atoms with E-state index in [9.17, 15) is 4.39 Å². The van der Waals surface area contributed by atoms with Crippen LogP contribution in [0.15, 0.2) is 12.4 Å².